The smallest absolute Gasteiger partial charge is 0.255 e. The molecule has 0 saturated heterocycles. The van der Waals surface area contributed by atoms with Crippen molar-refractivity contribution in [2.75, 3.05) is 16.4 Å². The number of carbonyl (C=O) groups is 1. The summed E-state index contributed by atoms with van der Waals surface area (Å²) in [6, 6.07) is 14.9. The summed E-state index contributed by atoms with van der Waals surface area (Å²) in [6.45, 7) is 3.94. The number of fused-ring (bicyclic) bond motifs is 1. The molecule has 0 radical (unpaired) electrons. The molecule has 0 fully saturated rings. The first-order valence-corrected chi connectivity index (χ1v) is 10.7. The fourth-order valence-electron chi connectivity index (χ4n) is 3.35. The number of hydrogen-bond acceptors (Lipinski definition) is 5. The molecule has 2 heterocycles. The Hall–Kier alpha value is -3.13. The zero-order chi connectivity index (χ0) is 21.1. The van der Waals surface area contributed by atoms with Crippen molar-refractivity contribution in [2.24, 2.45) is 0 Å². The van der Waals surface area contributed by atoms with E-state index in [1.165, 1.54) is 12.1 Å². The van der Waals surface area contributed by atoms with Crippen LogP contribution in [0.2, 0.25) is 0 Å². The fourth-order valence-corrected chi connectivity index (χ4v) is 4.04. The Labute approximate surface area is 178 Å². The molecule has 0 spiro atoms. The minimum absolute atomic E-state index is 0.246. The van der Waals surface area contributed by atoms with Crippen molar-refractivity contribution < 1.29 is 9.18 Å². The van der Waals surface area contributed by atoms with Gasteiger partial charge in [0.2, 0.25) is 11.1 Å². The van der Waals surface area contributed by atoms with Gasteiger partial charge >= 0.3 is 0 Å². The van der Waals surface area contributed by atoms with Crippen LogP contribution in [0.15, 0.2) is 71.0 Å². The number of nitrogens with zero attached hydrogens (tertiary/aromatic N) is 3. The maximum absolute atomic E-state index is 13.6. The van der Waals surface area contributed by atoms with Crippen molar-refractivity contribution >= 4 is 29.3 Å². The van der Waals surface area contributed by atoms with E-state index in [4.69, 9.17) is 0 Å². The Morgan fingerprint density at radius 2 is 1.93 bits per heavy atom. The second-order valence-electron chi connectivity index (χ2n) is 6.95. The number of benzene rings is 2. The maximum Gasteiger partial charge on any atom is 0.255 e. The molecule has 3 aromatic rings. The minimum atomic E-state index is -0.519. The first-order valence-electron chi connectivity index (χ1n) is 9.76. The van der Waals surface area contributed by atoms with E-state index in [1.54, 1.807) is 28.6 Å². The van der Waals surface area contributed by atoms with Gasteiger partial charge in [-0.1, -0.05) is 49.0 Å². The SMILES string of the molecule is CCCSc1nc2n(n1)C(c1ccc(F)cc1)C(C(=O)Nc1ccccc1)=C(C)N2. The molecule has 0 bridgehead atoms. The molecule has 6 nitrogen and oxygen atoms in total. The molecule has 154 valence electrons. The number of nitrogens with one attached hydrogen (secondary N) is 2. The number of amides is 1. The largest absolute Gasteiger partial charge is 0.328 e. The van der Waals surface area contributed by atoms with E-state index < -0.39 is 6.04 Å². The van der Waals surface area contributed by atoms with Crippen LogP contribution in [0.1, 0.15) is 31.9 Å². The minimum Gasteiger partial charge on any atom is -0.328 e. The third kappa shape index (κ3) is 4.09. The van der Waals surface area contributed by atoms with Crippen LogP contribution in [-0.2, 0) is 4.79 Å². The summed E-state index contributed by atoms with van der Waals surface area (Å²) in [5.74, 6) is 0.890. The molecule has 1 aromatic heterocycles. The standard InChI is InChI=1S/C22H22FN5OS/c1-3-13-30-22-26-21-24-14(2)18(20(29)25-17-7-5-4-6-8-17)19(28(21)27-22)15-9-11-16(23)12-10-15/h4-12,19H,3,13H2,1-2H3,(H,25,29)(H,24,26,27). The van der Waals surface area contributed by atoms with Crippen LogP contribution >= 0.6 is 11.8 Å². The molecule has 1 amide bonds. The second kappa shape index (κ2) is 8.71. The van der Waals surface area contributed by atoms with Gasteiger partial charge in [-0.25, -0.2) is 9.07 Å². The van der Waals surface area contributed by atoms with E-state index >= 15 is 0 Å². The van der Waals surface area contributed by atoms with Crippen LogP contribution in [0.4, 0.5) is 16.0 Å². The van der Waals surface area contributed by atoms with Gasteiger partial charge in [0, 0.05) is 17.1 Å². The van der Waals surface area contributed by atoms with Crippen LogP contribution in [0, 0.1) is 5.82 Å². The van der Waals surface area contributed by atoms with Gasteiger partial charge in [0.25, 0.3) is 5.91 Å². The number of hydrogen-bond donors (Lipinski definition) is 2. The summed E-state index contributed by atoms with van der Waals surface area (Å²) in [5.41, 5.74) is 2.65. The lowest BCUT2D eigenvalue weighted by molar-refractivity contribution is -0.113. The van der Waals surface area contributed by atoms with E-state index in [0.29, 0.717) is 28.1 Å². The first-order chi connectivity index (χ1) is 14.6. The lowest BCUT2D eigenvalue weighted by Crippen LogP contribution is -2.31. The number of halogens is 1. The molecule has 2 aromatic carbocycles. The molecule has 0 saturated carbocycles. The van der Waals surface area contributed by atoms with Crippen LogP contribution in [-0.4, -0.2) is 26.4 Å². The quantitative estimate of drug-likeness (QED) is 0.555. The van der Waals surface area contributed by atoms with E-state index in [1.807, 2.05) is 37.3 Å². The lowest BCUT2D eigenvalue weighted by Gasteiger charge is -2.28. The number of anilines is 2. The predicted molar refractivity (Wildman–Crippen MR) is 117 cm³/mol. The van der Waals surface area contributed by atoms with Crippen molar-refractivity contribution in [1.82, 2.24) is 14.8 Å². The summed E-state index contributed by atoms with van der Waals surface area (Å²) in [7, 11) is 0. The summed E-state index contributed by atoms with van der Waals surface area (Å²) >= 11 is 1.56. The highest BCUT2D eigenvalue weighted by Gasteiger charge is 2.34. The summed E-state index contributed by atoms with van der Waals surface area (Å²) in [6.07, 6.45) is 1.01. The van der Waals surface area contributed by atoms with Gasteiger partial charge in [-0.05, 0) is 43.2 Å². The summed E-state index contributed by atoms with van der Waals surface area (Å²) in [5, 5.41) is 11.4. The van der Waals surface area contributed by atoms with Crippen molar-refractivity contribution in [3.8, 4) is 0 Å². The van der Waals surface area contributed by atoms with Crippen molar-refractivity contribution in [3.63, 3.8) is 0 Å². The number of allylic oxidation sites excluding steroid dienone is 1. The third-order valence-corrected chi connectivity index (χ3v) is 5.77. The summed E-state index contributed by atoms with van der Waals surface area (Å²) < 4.78 is 15.3. The van der Waals surface area contributed by atoms with Crippen LogP contribution in [0.25, 0.3) is 0 Å². The van der Waals surface area contributed by atoms with Gasteiger partial charge < -0.3 is 10.6 Å². The third-order valence-electron chi connectivity index (χ3n) is 4.73. The molecule has 1 aliphatic rings. The van der Waals surface area contributed by atoms with E-state index in [9.17, 15) is 9.18 Å². The van der Waals surface area contributed by atoms with Gasteiger partial charge in [-0.15, -0.1) is 5.10 Å². The van der Waals surface area contributed by atoms with Crippen molar-refractivity contribution in [3.05, 3.63) is 77.2 Å². The Kier molecular flexibility index (Phi) is 5.85. The lowest BCUT2D eigenvalue weighted by atomic mass is 9.95. The van der Waals surface area contributed by atoms with Gasteiger partial charge in [-0.3, -0.25) is 4.79 Å². The molecule has 0 aliphatic carbocycles. The summed E-state index contributed by atoms with van der Waals surface area (Å²) in [4.78, 5) is 17.8. The maximum atomic E-state index is 13.6. The molecule has 1 unspecified atom stereocenters. The average molecular weight is 424 g/mol. The Bertz CT molecular complexity index is 1080. The van der Waals surface area contributed by atoms with E-state index in [-0.39, 0.29) is 11.7 Å². The highest BCUT2D eigenvalue weighted by Crippen LogP contribution is 2.36. The Morgan fingerprint density at radius 1 is 1.20 bits per heavy atom. The number of para-hydroxylation sites is 1. The number of rotatable bonds is 6. The highest BCUT2D eigenvalue weighted by molar-refractivity contribution is 7.99. The van der Waals surface area contributed by atoms with Gasteiger partial charge in [-0.2, -0.15) is 4.98 Å². The van der Waals surface area contributed by atoms with Crippen LogP contribution in [0.3, 0.4) is 0 Å². The molecule has 1 aliphatic heterocycles. The Morgan fingerprint density at radius 3 is 2.63 bits per heavy atom. The predicted octanol–water partition coefficient (Wildman–Crippen LogP) is 4.85. The zero-order valence-corrected chi connectivity index (χ0v) is 17.5. The van der Waals surface area contributed by atoms with E-state index in [2.05, 4.69) is 27.6 Å². The number of aromatic nitrogens is 3. The Balaban J connectivity index is 1.75. The van der Waals surface area contributed by atoms with E-state index in [0.717, 1.165) is 17.7 Å². The second-order valence-corrected chi connectivity index (χ2v) is 8.01. The highest BCUT2D eigenvalue weighted by atomic mass is 32.2. The van der Waals surface area contributed by atoms with Crippen LogP contribution < -0.4 is 10.6 Å². The van der Waals surface area contributed by atoms with Gasteiger partial charge in [0.05, 0.1) is 5.57 Å². The average Bonchev–Trinajstić information content (AvgIpc) is 3.15. The first kappa shape index (κ1) is 20.2. The topological polar surface area (TPSA) is 71.8 Å². The normalized spacial score (nSPS) is 15.5. The molecule has 8 heteroatoms. The molecular weight excluding hydrogens is 401 g/mol. The molecule has 2 N–H and O–H groups in total. The van der Waals surface area contributed by atoms with Crippen molar-refractivity contribution in [2.45, 2.75) is 31.5 Å². The fraction of sp³-hybridized carbons (Fsp3) is 0.227. The zero-order valence-electron chi connectivity index (χ0n) is 16.7. The van der Waals surface area contributed by atoms with Gasteiger partial charge in [0.1, 0.15) is 11.9 Å². The molecule has 4 rings (SSSR count). The van der Waals surface area contributed by atoms with Gasteiger partial charge in [0.15, 0.2) is 0 Å². The van der Waals surface area contributed by atoms with Crippen molar-refractivity contribution in [1.29, 1.82) is 0 Å². The number of thioether (sulfide) groups is 1. The molecular formula is C22H22FN5OS. The van der Waals surface area contributed by atoms with Crippen LogP contribution in [0.5, 0.6) is 0 Å². The number of carbonyl (C=O) groups excluding carboxylic acids is 1. The molecule has 1 atom stereocenters. The monoisotopic (exact) mass is 423 g/mol. The molecule has 30 heavy (non-hydrogen) atoms.